The van der Waals surface area contributed by atoms with E-state index < -0.39 is 5.60 Å². The maximum atomic E-state index is 10.9. The van der Waals surface area contributed by atoms with E-state index in [2.05, 4.69) is 36.1 Å². The number of nitrogens with zero attached hydrogens (tertiary/aromatic N) is 1. The first kappa shape index (κ1) is 13.3. The molecule has 0 amide bonds. The van der Waals surface area contributed by atoms with Crippen LogP contribution in [0.15, 0.2) is 60.7 Å². The van der Waals surface area contributed by atoms with Gasteiger partial charge in [0.05, 0.1) is 0 Å². The first-order chi connectivity index (χ1) is 9.69. The smallest absolute Gasteiger partial charge is 0.103 e. The fraction of sp³-hybridized carbons (Fsp3) is 0.333. The number of rotatable bonds is 3. The third kappa shape index (κ3) is 2.49. The molecule has 1 aliphatic heterocycles. The monoisotopic (exact) mass is 267 g/mol. The van der Waals surface area contributed by atoms with Crippen LogP contribution in [0.5, 0.6) is 0 Å². The zero-order valence-electron chi connectivity index (χ0n) is 11.9. The summed E-state index contributed by atoms with van der Waals surface area (Å²) in [7, 11) is 0. The van der Waals surface area contributed by atoms with Gasteiger partial charge in [-0.25, -0.2) is 0 Å². The van der Waals surface area contributed by atoms with E-state index in [0.717, 1.165) is 18.5 Å². The molecule has 0 aliphatic carbocycles. The summed E-state index contributed by atoms with van der Waals surface area (Å²) in [5.74, 6) is 0. The lowest BCUT2D eigenvalue weighted by molar-refractivity contribution is 0.0414. The molecule has 2 aromatic carbocycles. The van der Waals surface area contributed by atoms with E-state index in [9.17, 15) is 5.11 Å². The van der Waals surface area contributed by atoms with Crippen molar-refractivity contribution in [1.82, 2.24) is 4.90 Å². The molecule has 2 heteroatoms. The molecule has 1 N–H and O–H groups in total. The van der Waals surface area contributed by atoms with Crippen LogP contribution in [-0.2, 0) is 5.60 Å². The molecule has 1 aliphatic rings. The van der Waals surface area contributed by atoms with Gasteiger partial charge in [0.2, 0.25) is 0 Å². The molecule has 2 nitrogen and oxygen atoms in total. The van der Waals surface area contributed by atoms with Crippen molar-refractivity contribution < 1.29 is 5.11 Å². The van der Waals surface area contributed by atoms with Gasteiger partial charge >= 0.3 is 0 Å². The molecular formula is C18H21NO. The van der Waals surface area contributed by atoms with Crippen molar-refractivity contribution in [3.05, 3.63) is 71.8 Å². The number of benzene rings is 2. The van der Waals surface area contributed by atoms with Crippen LogP contribution in [0.25, 0.3) is 0 Å². The van der Waals surface area contributed by atoms with Crippen molar-refractivity contribution in [3.63, 3.8) is 0 Å². The normalized spacial score (nSPS) is 24.7. The van der Waals surface area contributed by atoms with Gasteiger partial charge in [-0.3, -0.25) is 4.90 Å². The molecule has 0 radical (unpaired) electrons. The average molecular weight is 267 g/mol. The standard InChI is InChI=1S/C18H21NO/c1-15(16-8-4-2-5-9-16)19-13-12-18(20,14-19)17-10-6-3-7-11-17/h2-11,15,20H,12-14H2,1H3/t15-,18?/m1/s1. The number of hydrogen-bond acceptors (Lipinski definition) is 2. The highest BCUT2D eigenvalue weighted by Gasteiger charge is 2.39. The highest BCUT2D eigenvalue weighted by atomic mass is 16.3. The van der Waals surface area contributed by atoms with Crippen molar-refractivity contribution in [1.29, 1.82) is 0 Å². The predicted molar refractivity (Wildman–Crippen MR) is 81.4 cm³/mol. The number of aliphatic hydroxyl groups is 1. The Hall–Kier alpha value is -1.64. The summed E-state index contributed by atoms with van der Waals surface area (Å²) in [6.07, 6.45) is 0.800. The van der Waals surface area contributed by atoms with Crippen molar-refractivity contribution >= 4 is 0 Å². The van der Waals surface area contributed by atoms with Crippen molar-refractivity contribution in [2.45, 2.75) is 25.0 Å². The fourth-order valence-corrected chi connectivity index (χ4v) is 3.08. The second-order valence-corrected chi connectivity index (χ2v) is 5.70. The number of β-amino-alcohol motifs (C(OH)–C–C–N with tert-alkyl or cyclic N) is 1. The van der Waals surface area contributed by atoms with E-state index in [1.165, 1.54) is 5.56 Å². The van der Waals surface area contributed by atoms with E-state index in [1.807, 2.05) is 36.4 Å². The van der Waals surface area contributed by atoms with Gasteiger partial charge in [-0.1, -0.05) is 60.7 Å². The van der Waals surface area contributed by atoms with E-state index >= 15 is 0 Å². The maximum absolute atomic E-state index is 10.9. The molecule has 1 unspecified atom stereocenters. The summed E-state index contributed by atoms with van der Waals surface area (Å²) < 4.78 is 0. The minimum absolute atomic E-state index is 0.342. The van der Waals surface area contributed by atoms with Gasteiger partial charge in [0.25, 0.3) is 0 Å². The highest BCUT2D eigenvalue weighted by molar-refractivity contribution is 5.25. The van der Waals surface area contributed by atoms with Crippen LogP contribution >= 0.6 is 0 Å². The Kier molecular flexibility index (Phi) is 3.60. The average Bonchev–Trinajstić information content (AvgIpc) is 2.92. The van der Waals surface area contributed by atoms with E-state index in [4.69, 9.17) is 0 Å². The van der Waals surface area contributed by atoms with Crippen LogP contribution in [0.1, 0.15) is 30.5 Å². The minimum atomic E-state index is -0.704. The van der Waals surface area contributed by atoms with Crippen molar-refractivity contribution in [2.24, 2.45) is 0 Å². The van der Waals surface area contributed by atoms with Crippen LogP contribution in [0.2, 0.25) is 0 Å². The Morgan fingerprint density at radius 2 is 1.60 bits per heavy atom. The Balaban J connectivity index is 1.77. The van der Waals surface area contributed by atoms with Gasteiger partial charge < -0.3 is 5.11 Å². The Labute approximate surface area is 120 Å². The first-order valence-corrected chi connectivity index (χ1v) is 7.26. The number of hydrogen-bond donors (Lipinski definition) is 1. The molecule has 104 valence electrons. The fourth-order valence-electron chi connectivity index (χ4n) is 3.08. The molecule has 1 saturated heterocycles. The Bertz CT molecular complexity index is 554. The quantitative estimate of drug-likeness (QED) is 0.922. The molecule has 3 rings (SSSR count). The van der Waals surface area contributed by atoms with Gasteiger partial charge in [-0.05, 0) is 24.5 Å². The summed E-state index contributed by atoms with van der Waals surface area (Å²) in [5, 5.41) is 10.9. The van der Waals surface area contributed by atoms with Gasteiger partial charge in [-0.2, -0.15) is 0 Å². The first-order valence-electron chi connectivity index (χ1n) is 7.26. The van der Waals surface area contributed by atoms with Crippen molar-refractivity contribution in [3.8, 4) is 0 Å². The van der Waals surface area contributed by atoms with Gasteiger partial charge in [0.1, 0.15) is 5.60 Å². The summed E-state index contributed by atoms with van der Waals surface area (Å²) in [5.41, 5.74) is 1.64. The van der Waals surface area contributed by atoms with Crippen LogP contribution < -0.4 is 0 Å². The highest BCUT2D eigenvalue weighted by Crippen LogP contribution is 2.36. The lowest BCUT2D eigenvalue weighted by Crippen LogP contribution is -2.32. The summed E-state index contributed by atoms with van der Waals surface area (Å²) in [4.78, 5) is 2.36. The van der Waals surface area contributed by atoms with Gasteiger partial charge in [0.15, 0.2) is 0 Å². The molecule has 0 aromatic heterocycles. The Morgan fingerprint density at radius 3 is 2.25 bits per heavy atom. The third-order valence-corrected chi connectivity index (χ3v) is 4.42. The van der Waals surface area contributed by atoms with E-state index in [-0.39, 0.29) is 0 Å². The number of likely N-dealkylation sites (tertiary alicyclic amines) is 1. The second-order valence-electron chi connectivity index (χ2n) is 5.70. The summed E-state index contributed by atoms with van der Waals surface area (Å²) in [6, 6.07) is 20.9. The van der Waals surface area contributed by atoms with Crippen LogP contribution in [0, 0.1) is 0 Å². The van der Waals surface area contributed by atoms with Gasteiger partial charge in [0, 0.05) is 19.1 Å². The largest absolute Gasteiger partial charge is 0.384 e. The molecule has 0 saturated carbocycles. The Morgan fingerprint density at radius 1 is 1.00 bits per heavy atom. The SMILES string of the molecule is C[C@H](c1ccccc1)N1CCC(O)(c2ccccc2)C1. The van der Waals surface area contributed by atoms with E-state index in [1.54, 1.807) is 0 Å². The predicted octanol–water partition coefficient (Wildman–Crippen LogP) is 3.34. The molecule has 2 aromatic rings. The molecule has 0 spiro atoms. The van der Waals surface area contributed by atoms with Crippen LogP contribution in [0.3, 0.4) is 0 Å². The molecule has 20 heavy (non-hydrogen) atoms. The second kappa shape index (κ2) is 5.39. The maximum Gasteiger partial charge on any atom is 0.103 e. The third-order valence-electron chi connectivity index (χ3n) is 4.42. The topological polar surface area (TPSA) is 23.5 Å². The zero-order chi connectivity index (χ0) is 14.0. The van der Waals surface area contributed by atoms with Gasteiger partial charge in [-0.15, -0.1) is 0 Å². The molecule has 1 heterocycles. The van der Waals surface area contributed by atoms with Crippen LogP contribution in [0.4, 0.5) is 0 Å². The minimum Gasteiger partial charge on any atom is -0.384 e. The molecule has 2 atom stereocenters. The summed E-state index contributed by atoms with van der Waals surface area (Å²) in [6.45, 7) is 3.85. The molecular weight excluding hydrogens is 246 g/mol. The summed E-state index contributed by atoms with van der Waals surface area (Å²) >= 11 is 0. The van der Waals surface area contributed by atoms with Crippen LogP contribution in [-0.4, -0.2) is 23.1 Å². The zero-order valence-corrected chi connectivity index (χ0v) is 11.9. The lowest BCUT2D eigenvalue weighted by atomic mass is 9.93. The lowest BCUT2D eigenvalue weighted by Gasteiger charge is -2.28. The molecule has 1 fully saturated rings. The molecule has 0 bridgehead atoms. The van der Waals surface area contributed by atoms with Crippen molar-refractivity contribution in [2.75, 3.05) is 13.1 Å². The van der Waals surface area contributed by atoms with E-state index in [0.29, 0.717) is 12.6 Å².